The van der Waals surface area contributed by atoms with Crippen molar-refractivity contribution < 1.29 is 9.59 Å². The maximum atomic E-state index is 12.6. The van der Waals surface area contributed by atoms with E-state index in [9.17, 15) is 9.59 Å². The van der Waals surface area contributed by atoms with Gasteiger partial charge < -0.3 is 15.1 Å². The van der Waals surface area contributed by atoms with Gasteiger partial charge in [-0.2, -0.15) is 0 Å². The van der Waals surface area contributed by atoms with Crippen LogP contribution in [0.25, 0.3) is 0 Å². The second kappa shape index (κ2) is 8.27. The minimum absolute atomic E-state index is 0.0963. The predicted octanol–water partition coefficient (Wildman–Crippen LogP) is 1.72. The Labute approximate surface area is 148 Å². The van der Waals surface area contributed by atoms with E-state index in [0.29, 0.717) is 38.5 Å². The number of amides is 3. The molecular weight excluding hydrogens is 318 g/mol. The van der Waals surface area contributed by atoms with Gasteiger partial charge in [-0.05, 0) is 25.8 Å². The first kappa shape index (κ1) is 17.6. The number of aryl methyl sites for hydroxylation is 1. The molecule has 0 unspecified atom stereocenters. The van der Waals surface area contributed by atoms with Gasteiger partial charge in [0.15, 0.2) is 0 Å². The SMILES string of the molecule is Cc1nccc(CNC(=O)N2CCN(C(=O)C3CCCCC3)CC2)n1. The quantitative estimate of drug-likeness (QED) is 0.905. The van der Waals surface area contributed by atoms with Gasteiger partial charge >= 0.3 is 6.03 Å². The van der Waals surface area contributed by atoms with Crippen molar-refractivity contribution in [3.63, 3.8) is 0 Å². The molecule has 0 radical (unpaired) electrons. The second-order valence-electron chi connectivity index (χ2n) is 6.90. The summed E-state index contributed by atoms with van der Waals surface area (Å²) >= 11 is 0. The highest BCUT2D eigenvalue weighted by atomic mass is 16.2. The van der Waals surface area contributed by atoms with E-state index in [-0.39, 0.29) is 17.9 Å². The van der Waals surface area contributed by atoms with Crippen LogP contribution in [0.15, 0.2) is 12.3 Å². The Hall–Kier alpha value is -2.18. The summed E-state index contributed by atoms with van der Waals surface area (Å²) in [4.78, 5) is 36.9. The molecule has 3 amide bonds. The zero-order valence-electron chi connectivity index (χ0n) is 14.9. The lowest BCUT2D eigenvalue weighted by molar-refractivity contribution is -0.138. The maximum Gasteiger partial charge on any atom is 0.317 e. The molecule has 2 aliphatic rings. The van der Waals surface area contributed by atoms with Crippen molar-refractivity contribution in [2.24, 2.45) is 5.92 Å². The summed E-state index contributed by atoms with van der Waals surface area (Å²) in [5.74, 6) is 1.19. The topological polar surface area (TPSA) is 78.4 Å². The number of piperazine rings is 1. The summed E-state index contributed by atoms with van der Waals surface area (Å²) in [6.07, 6.45) is 7.33. The van der Waals surface area contributed by atoms with E-state index in [1.165, 1.54) is 19.3 Å². The second-order valence-corrected chi connectivity index (χ2v) is 6.90. The van der Waals surface area contributed by atoms with E-state index < -0.39 is 0 Å². The summed E-state index contributed by atoms with van der Waals surface area (Å²) in [5, 5.41) is 2.90. The average Bonchev–Trinajstić information content (AvgIpc) is 2.66. The van der Waals surface area contributed by atoms with Crippen LogP contribution in [0.3, 0.4) is 0 Å². The number of hydrogen-bond donors (Lipinski definition) is 1. The summed E-state index contributed by atoms with van der Waals surface area (Å²) in [5.41, 5.74) is 0.798. The molecule has 2 fully saturated rings. The highest BCUT2D eigenvalue weighted by Gasteiger charge is 2.29. The molecule has 1 aliphatic heterocycles. The van der Waals surface area contributed by atoms with Crippen molar-refractivity contribution in [2.75, 3.05) is 26.2 Å². The van der Waals surface area contributed by atoms with Crippen molar-refractivity contribution in [2.45, 2.75) is 45.6 Å². The first-order valence-corrected chi connectivity index (χ1v) is 9.23. The van der Waals surface area contributed by atoms with E-state index in [1.54, 1.807) is 17.2 Å². The highest BCUT2D eigenvalue weighted by Crippen LogP contribution is 2.25. The number of nitrogens with zero attached hydrogens (tertiary/aromatic N) is 4. The smallest absolute Gasteiger partial charge is 0.317 e. The predicted molar refractivity (Wildman–Crippen MR) is 93.7 cm³/mol. The molecule has 0 bridgehead atoms. The van der Waals surface area contributed by atoms with Crippen LogP contribution in [0.4, 0.5) is 4.79 Å². The largest absolute Gasteiger partial charge is 0.339 e. The summed E-state index contributed by atoms with van der Waals surface area (Å²) < 4.78 is 0. The summed E-state index contributed by atoms with van der Waals surface area (Å²) in [6, 6.07) is 1.70. The Kier molecular flexibility index (Phi) is 5.83. The molecule has 7 heteroatoms. The molecule has 0 atom stereocenters. The zero-order valence-corrected chi connectivity index (χ0v) is 14.9. The normalized spacial score (nSPS) is 18.9. The van der Waals surface area contributed by atoms with Gasteiger partial charge in [-0.3, -0.25) is 4.79 Å². The number of aromatic nitrogens is 2. The molecule has 0 aromatic carbocycles. The molecule has 1 aliphatic carbocycles. The Bertz CT molecular complexity index is 607. The van der Waals surface area contributed by atoms with Crippen LogP contribution in [0.5, 0.6) is 0 Å². The Balaban J connectivity index is 1.43. The summed E-state index contributed by atoms with van der Waals surface area (Å²) in [6.45, 7) is 4.67. The molecule has 7 nitrogen and oxygen atoms in total. The number of rotatable bonds is 3. The van der Waals surface area contributed by atoms with Crippen molar-refractivity contribution in [1.82, 2.24) is 25.1 Å². The Morgan fingerprint density at radius 3 is 2.48 bits per heavy atom. The molecule has 1 N–H and O–H groups in total. The average molecular weight is 345 g/mol. The molecular formula is C18H27N5O2. The fraction of sp³-hybridized carbons (Fsp3) is 0.667. The number of carbonyl (C=O) groups excluding carboxylic acids is 2. The monoisotopic (exact) mass is 345 g/mol. The molecule has 1 saturated carbocycles. The van der Waals surface area contributed by atoms with Gasteiger partial charge in [-0.1, -0.05) is 19.3 Å². The van der Waals surface area contributed by atoms with Gasteiger partial charge in [0.2, 0.25) is 5.91 Å². The van der Waals surface area contributed by atoms with Crippen LogP contribution in [-0.2, 0) is 11.3 Å². The lowest BCUT2D eigenvalue weighted by atomic mass is 9.88. The molecule has 1 aromatic heterocycles. The highest BCUT2D eigenvalue weighted by molar-refractivity contribution is 5.79. The van der Waals surface area contributed by atoms with Crippen LogP contribution < -0.4 is 5.32 Å². The number of urea groups is 1. The zero-order chi connectivity index (χ0) is 17.6. The van der Waals surface area contributed by atoms with E-state index in [0.717, 1.165) is 18.5 Å². The molecule has 1 saturated heterocycles. The van der Waals surface area contributed by atoms with Gasteiger partial charge in [0.25, 0.3) is 0 Å². The number of carbonyl (C=O) groups is 2. The molecule has 1 aromatic rings. The lowest BCUT2D eigenvalue weighted by Crippen LogP contribution is -2.54. The maximum absolute atomic E-state index is 12.6. The van der Waals surface area contributed by atoms with Gasteiger partial charge in [0, 0.05) is 38.3 Å². The van der Waals surface area contributed by atoms with Crippen LogP contribution >= 0.6 is 0 Å². The van der Waals surface area contributed by atoms with E-state index in [2.05, 4.69) is 15.3 Å². The Morgan fingerprint density at radius 2 is 1.80 bits per heavy atom. The molecule has 2 heterocycles. The van der Waals surface area contributed by atoms with E-state index >= 15 is 0 Å². The van der Waals surface area contributed by atoms with Crippen molar-refractivity contribution >= 4 is 11.9 Å². The fourth-order valence-corrected chi connectivity index (χ4v) is 3.62. The standard InChI is InChI=1S/C18H27N5O2/c1-14-19-8-7-16(21-14)13-20-18(25)23-11-9-22(10-12-23)17(24)15-5-3-2-4-6-15/h7-8,15H,2-6,9-13H2,1H3,(H,20,25). The first-order valence-electron chi connectivity index (χ1n) is 9.23. The molecule has 136 valence electrons. The Morgan fingerprint density at radius 1 is 1.12 bits per heavy atom. The van der Waals surface area contributed by atoms with Crippen LogP contribution in [0.2, 0.25) is 0 Å². The van der Waals surface area contributed by atoms with E-state index in [4.69, 9.17) is 0 Å². The van der Waals surface area contributed by atoms with Gasteiger partial charge in [0.1, 0.15) is 5.82 Å². The van der Waals surface area contributed by atoms with Crippen LogP contribution in [0, 0.1) is 12.8 Å². The van der Waals surface area contributed by atoms with Crippen LogP contribution in [0.1, 0.15) is 43.6 Å². The third-order valence-electron chi connectivity index (χ3n) is 5.09. The lowest BCUT2D eigenvalue weighted by Gasteiger charge is -2.37. The summed E-state index contributed by atoms with van der Waals surface area (Å²) in [7, 11) is 0. The van der Waals surface area contributed by atoms with Gasteiger partial charge in [-0.25, -0.2) is 14.8 Å². The van der Waals surface area contributed by atoms with Crippen molar-refractivity contribution in [3.05, 3.63) is 23.8 Å². The van der Waals surface area contributed by atoms with Crippen LogP contribution in [-0.4, -0.2) is 57.9 Å². The molecule has 3 rings (SSSR count). The third kappa shape index (κ3) is 4.67. The first-order chi connectivity index (χ1) is 12.1. The minimum Gasteiger partial charge on any atom is -0.339 e. The van der Waals surface area contributed by atoms with E-state index in [1.807, 2.05) is 11.8 Å². The third-order valence-corrected chi connectivity index (χ3v) is 5.09. The molecule has 0 spiro atoms. The number of nitrogens with one attached hydrogen (secondary N) is 1. The van der Waals surface area contributed by atoms with Gasteiger partial charge in [-0.15, -0.1) is 0 Å². The van der Waals surface area contributed by atoms with Gasteiger partial charge in [0.05, 0.1) is 12.2 Å². The fourth-order valence-electron chi connectivity index (χ4n) is 3.62. The molecule has 25 heavy (non-hydrogen) atoms. The minimum atomic E-state index is -0.0963. The van der Waals surface area contributed by atoms with Crippen molar-refractivity contribution in [3.8, 4) is 0 Å². The number of hydrogen-bond acceptors (Lipinski definition) is 4. The van der Waals surface area contributed by atoms with Crippen molar-refractivity contribution in [1.29, 1.82) is 0 Å².